The minimum absolute atomic E-state index is 0.330. The lowest BCUT2D eigenvalue weighted by atomic mass is 9.91. The second-order valence-electron chi connectivity index (χ2n) is 6.32. The summed E-state index contributed by atoms with van der Waals surface area (Å²) in [5.74, 6) is -1.28. The fourth-order valence-corrected chi connectivity index (χ4v) is 3.16. The van der Waals surface area contributed by atoms with Crippen LogP contribution in [-0.2, 0) is 15.1 Å². The number of aliphatic carboxylic acids is 1. The molecule has 0 aliphatic rings. The maximum atomic E-state index is 12.0. The number of carboxylic acids is 1. The minimum Gasteiger partial charge on any atom is -0.479 e. The van der Waals surface area contributed by atoms with Crippen molar-refractivity contribution in [1.29, 1.82) is 0 Å². The second kappa shape index (κ2) is 7.52. The van der Waals surface area contributed by atoms with E-state index < -0.39 is 28.0 Å². The summed E-state index contributed by atoms with van der Waals surface area (Å²) in [5.41, 5.74) is 0.103. The van der Waals surface area contributed by atoms with E-state index in [1.807, 2.05) is 12.1 Å². The van der Waals surface area contributed by atoms with Gasteiger partial charge in [-0.15, -0.1) is 0 Å². The predicted octanol–water partition coefficient (Wildman–Crippen LogP) is 5.37. The topological polar surface area (TPSA) is 91.4 Å². The standard InChI is InChI=1S/C18H14Cl4N2O4/c1-17(15(25)26,24-16(27)28-8-18(20,21)22)9-2-4-11-12-7-10(19)3-5-13(12)23-14(11)6-9/h2-7,23H,8H2,1H3,(H,24,27)(H,25,26)/t17-/m0/s1. The molecule has 1 amide bonds. The molecule has 10 heteroatoms. The molecule has 1 aromatic heterocycles. The first-order valence-corrected chi connectivity index (χ1v) is 9.47. The Bertz CT molecular complexity index is 1080. The van der Waals surface area contributed by atoms with Crippen LogP contribution in [0, 0.1) is 0 Å². The number of nitrogens with one attached hydrogen (secondary N) is 2. The normalized spacial score (nSPS) is 14.0. The molecule has 0 saturated heterocycles. The van der Waals surface area contributed by atoms with Gasteiger partial charge >= 0.3 is 12.1 Å². The van der Waals surface area contributed by atoms with Gasteiger partial charge in [-0.3, -0.25) is 0 Å². The number of hydrogen-bond acceptors (Lipinski definition) is 3. The third-order valence-corrected chi connectivity index (χ3v) is 4.85. The maximum absolute atomic E-state index is 12.0. The van der Waals surface area contributed by atoms with Crippen molar-refractivity contribution in [2.75, 3.05) is 6.61 Å². The molecule has 3 rings (SSSR count). The lowest BCUT2D eigenvalue weighted by Crippen LogP contribution is -2.50. The Labute approximate surface area is 179 Å². The number of amides is 1. The summed E-state index contributed by atoms with van der Waals surface area (Å²) in [6.45, 7) is 0.813. The number of carbonyl (C=O) groups is 2. The van der Waals surface area contributed by atoms with Gasteiger partial charge in [0, 0.05) is 26.8 Å². The molecule has 0 aliphatic heterocycles. The van der Waals surface area contributed by atoms with Gasteiger partial charge < -0.3 is 20.1 Å². The highest BCUT2D eigenvalue weighted by Gasteiger charge is 2.38. The average Bonchev–Trinajstić information content (AvgIpc) is 2.96. The van der Waals surface area contributed by atoms with Crippen LogP contribution in [0.5, 0.6) is 0 Å². The van der Waals surface area contributed by atoms with Crippen LogP contribution in [0.2, 0.25) is 5.02 Å². The van der Waals surface area contributed by atoms with Crippen molar-refractivity contribution in [3.05, 3.63) is 47.0 Å². The first-order chi connectivity index (χ1) is 13.0. The minimum atomic E-state index is -1.80. The van der Waals surface area contributed by atoms with Gasteiger partial charge in [0.25, 0.3) is 0 Å². The van der Waals surface area contributed by atoms with Crippen LogP contribution in [0.4, 0.5) is 4.79 Å². The van der Waals surface area contributed by atoms with Crippen LogP contribution in [0.15, 0.2) is 36.4 Å². The summed E-state index contributed by atoms with van der Waals surface area (Å²) < 4.78 is 2.99. The molecule has 0 aliphatic carbocycles. The van der Waals surface area contributed by atoms with Crippen LogP contribution in [0.25, 0.3) is 21.8 Å². The van der Waals surface area contributed by atoms with E-state index in [4.69, 9.17) is 51.1 Å². The number of aromatic nitrogens is 1. The number of carbonyl (C=O) groups excluding carboxylic acids is 1. The quantitative estimate of drug-likeness (QED) is 0.453. The fraction of sp³-hybridized carbons (Fsp3) is 0.222. The van der Waals surface area contributed by atoms with Crippen LogP contribution in [0.1, 0.15) is 12.5 Å². The van der Waals surface area contributed by atoms with Gasteiger partial charge in [-0.05, 0) is 36.8 Å². The van der Waals surface area contributed by atoms with E-state index >= 15 is 0 Å². The number of fused-ring (bicyclic) bond motifs is 3. The van der Waals surface area contributed by atoms with Gasteiger partial charge in [0.1, 0.15) is 6.61 Å². The molecule has 0 unspecified atom stereocenters. The van der Waals surface area contributed by atoms with Gasteiger partial charge in [0.15, 0.2) is 5.54 Å². The summed E-state index contributed by atoms with van der Waals surface area (Å²) in [6.07, 6.45) is -1.03. The van der Waals surface area contributed by atoms with E-state index in [2.05, 4.69) is 10.3 Å². The number of H-pyrrole nitrogens is 1. The number of ether oxygens (including phenoxy) is 1. The summed E-state index contributed by atoms with van der Waals surface area (Å²) in [5, 5.41) is 14.4. The van der Waals surface area contributed by atoms with Crippen molar-refractivity contribution in [3.8, 4) is 0 Å². The van der Waals surface area contributed by atoms with Crippen LogP contribution >= 0.6 is 46.4 Å². The highest BCUT2D eigenvalue weighted by molar-refractivity contribution is 6.67. The number of rotatable bonds is 4. The smallest absolute Gasteiger partial charge is 0.408 e. The fourth-order valence-electron chi connectivity index (χ4n) is 2.82. The lowest BCUT2D eigenvalue weighted by Gasteiger charge is -2.26. The molecule has 0 spiro atoms. The molecule has 2 aromatic carbocycles. The Morgan fingerprint density at radius 2 is 1.82 bits per heavy atom. The Kier molecular flexibility index (Phi) is 5.60. The third-order valence-electron chi connectivity index (χ3n) is 4.28. The van der Waals surface area contributed by atoms with Gasteiger partial charge in [-0.2, -0.15) is 0 Å². The second-order valence-corrected chi connectivity index (χ2v) is 9.27. The molecule has 0 saturated carbocycles. The van der Waals surface area contributed by atoms with Crippen LogP contribution in [0.3, 0.4) is 0 Å². The summed E-state index contributed by atoms with van der Waals surface area (Å²) in [6, 6.07) is 10.4. The summed E-state index contributed by atoms with van der Waals surface area (Å²) in [7, 11) is 0. The Balaban J connectivity index is 1.97. The van der Waals surface area contributed by atoms with E-state index in [1.54, 1.807) is 24.3 Å². The molecule has 3 N–H and O–H groups in total. The lowest BCUT2D eigenvalue weighted by molar-refractivity contribution is -0.144. The molecule has 0 bridgehead atoms. The number of benzene rings is 2. The number of aromatic amines is 1. The van der Waals surface area contributed by atoms with Crippen molar-refractivity contribution in [1.82, 2.24) is 10.3 Å². The van der Waals surface area contributed by atoms with Gasteiger partial charge in [0.05, 0.1) is 0 Å². The molecule has 0 radical (unpaired) electrons. The van der Waals surface area contributed by atoms with E-state index in [0.29, 0.717) is 16.1 Å². The van der Waals surface area contributed by atoms with Crippen molar-refractivity contribution in [3.63, 3.8) is 0 Å². The number of carboxylic acid groups (broad SMARTS) is 1. The molecule has 6 nitrogen and oxygen atoms in total. The number of alkyl halides is 3. The van der Waals surface area contributed by atoms with Crippen molar-refractivity contribution < 1.29 is 19.4 Å². The maximum Gasteiger partial charge on any atom is 0.408 e. The zero-order valence-corrected chi connectivity index (χ0v) is 17.4. The highest BCUT2D eigenvalue weighted by atomic mass is 35.6. The summed E-state index contributed by atoms with van der Waals surface area (Å²) in [4.78, 5) is 27.2. The van der Waals surface area contributed by atoms with Gasteiger partial charge in [-0.25, -0.2) is 9.59 Å². The number of alkyl carbamates (subject to hydrolysis) is 1. The molecule has 1 heterocycles. The van der Waals surface area contributed by atoms with E-state index in [9.17, 15) is 14.7 Å². The molecule has 148 valence electrons. The van der Waals surface area contributed by atoms with Crippen molar-refractivity contribution in [2.45, 2.75) is 16.3 Å². The third kappa shape index (κ3) is 4.25. The monoisotopic (exact) mass is 462 g/mol. The SMILES string of the molecule is C[C@@](NC(=O)OCC(Cl)(Cl)Cl)(C(=O)O)c1ccc2c(c1)[nH]c1ccc(Cl)cc12. The predicted molar refractivity (Wildman–Crippen MR) is 111 cm³/mol. The molecule has 3 aromatic rings. The molecular weight excluding hydrogens is 450 g/mol. The largest absolute Gasteiger partial charge is 0.479 e. The number of halogens is 4. The highest BCUT2D eigenvalue weighted by Crippen LogP contribution is 2.32. The molecular formula is C18H14Cl4N2O4. The Morgan fingerprint density at radius 1 is 1.11 bits per heavy atom. The van der Waals surface area contributed by atoms with E-state index in [0.717, 1.165) is 16.3 Å². The summed E-state index contributed by atoms with van der Waals surface area (Å²) >= 11 is 22.7. The van der Waals surface area contributed by atoms with Gasteiger partial charge in [-0.1, -0.05) is 58.5 Å². The van der Waals surface area contributed by atoms with E-state index in [-0.39, 0.29) is 0 Å². The number of hydrogen-bond donors (Lipinski definition) is 3. The van der Waals surface area contributed by atoms with Crippen LogP contribution in [-0.4, -0.2) is 32.6 Å². The van der Waals surface area contributed by atoms with Crippen molar-refractivity contribution >= 4 is 80.3 Å². The Hall–Kier alpha value is -1.86. The zero-order valence-electron chi connectivity index (χ0n) is 14.4. The van der Waals surface area contributed by atoms with E-state index in [1.165, 1.54) is 6.92 Å². The average molecular weight is 464 g/mol. The van der Waals surface area contributed by atoms with Crippen LogP contribution < -0.4 is 5.32 Å². The van der Waals surface area contributed by atoms with Crippen molar-refractivity contribution in [2.24, 2.45) is 0 Å². The molecule has 1 atom stereocenters. The zero-order chi connectivity index (χ0) is 20.7. The Morgan fingerprint density at radius 3 is 2.46 bits per heavy atom. The molecule has 28 heavy (non-hydrogen) atoms. The first-order valence-electron chi connectivity index (χ1n) is 7.96. The molecule has 0 fully saturated rings. The first kappa shape index (κ1) is 20.9. The van der Waals surface area contributed by atoms with Gasteiger partial charge in [0.2, 0.25) is 3.79 Å².